The zero-order chi connectivity index (χ0) is 12.8. The summed E-state index contributed by atoms with van der Waals surface area (Å²) in [4.78, 5) is 2.87. The standard InChI is InChI=1S/C17H24N2/c18-14-10-15-6-3-7-16(11-14)19(15)17-8-12-4-1-2-5-13(12)9-17/h1-2,4-5,14-17H,3,6-11,18H2. The van der Waals surface area contributed by atoms with E-state index < -0.39 is 0 Å². The summed E-state index contributed by atoms with van der Waals surface area (Å²) < 4.78 is 0. The van der Waals surface area contributed by atoms with Crippen molar-refractivity contribution in [2.45, 2.75) is 69.1 Å². The normalized spacial score (nSPS) is 35.3. The van der Waals surface area contributed by atoms with Gasteiger partial charge >= 0.3 is 0 Å². The Balaban J connectivity index is 1.57. The molecule has 3 aliphatic rings. The molecule has 4 rings (SSSR count). The highest BCUT2D eigenvalue weighted by molar-refractivity contribution is 5.33. The molecule has 0 radical (unpaired) electrons. The quantitative estimate of drug-likeness (QED) is 0.836. The van der Waals surface area contributed by atoms with Gasteiger partial charge in [0.05, 0.1) is 0 Å². The van der Waals surface area contributed by atoms with Gasteiger partial charge in [-0.3, -0.25) is 4.90 Å². The van der Waals surface area contributed by atoms with Crippen molar-refractivity contribution in [2.24, 2.45) is 5.73 Å². The highest BCUT2D eigenvalue weighted by Crippen LogP contribution is 2.38. The van der Waals surface area contributed by atoms with Gasteiger partial charge in [0.1, 0.15) is 0 Å². The van der Waals surface area contributed by atoms with E-state index in [1.807, 2.05) is 0 Å². The van der Waals surface area contributed by atoms with Crippen LogP contribution in [0.1, 0.15) is 43.2 Å². The van der Waals surface area contributed by atoms with Crippen molar-refractivity contribution in [3.63, 3.8) is 0 Å². The third kappa shape index (κ3) is 2.02. The van der Waals surface area contributed by atoms with Crippen molar-refractivity contribution in [1.29, 1.82) is 0 Å². The van der Waals surface area contributed by atoms with Crippen molar-refractivity contribution < 1.29 is 0 Å². The number of piperidine rings is 2. The fraction of sp³-hybridized carbons (Fsp3) is 0.647. The number of hydrogen-bond donors (Lipinski definition) is 1. The molecule has 2 unspecified atom stereocenters. The number of nitrogens with zero attached hydrogens (tertiary/aromatic N) is 1. The van der Waals surface area contributed by atoms with Gasteiger partial charge in [-0.1, -0.05) is 30.7 Å². The molecule has 19 heavy (non-hydrogen) atoms. The summed E-state index contributed by atoms with van der Waals surface area (Å²) in [7, 11) is 0. The molecule has 2 heteroatoms. The summed E-state index contributed by atoms with van der Waals surface area (Å²) >= 11 is 0. The van der Waals surface area contributed by atoms with Crippen LogP contribution in [-0.2, 0) is 12.8 Å². The van der Waals surface area contributed by atoms with Crippen LogP contribution in [0.25, 0.3) is 0 Å². The van der Waals surface area contributed by atoms with E-state index in [1.165, 1.54) is 44.9 Å². The van der Waals surface area contributed by atoms with Crippen molar-refractivity contribution in [3.8, 4) is 0 Å². The van der Waals surface area contributed by atoms with Crippen molar-refractivity contribution in [1.82, 2.24) is 4.90 Å². The number of hydrogen-bond acceptors (Lipinski definition) is 2. The molecule has 1 aromatic carbocycles. The molecule has 0 aromatic heterocycles. The Morgan fingerprint density at radius 1 is 0.895 bits per heavy atom. The first-order valence-electron chi connectivity index (χ1n) is 7.91. The molecule has 2 N–H and O–H groups in total. The van der Waals surface area contributed by atoms with Gasteiger partial charge in [-0.05, 0) is 49.7 Å². The number of fused-ring (bicyclic) bond motifs is 3. The van der Waals surface area contributed by atoms with Gasteiger partial charge in [0, 0.05) is 24.2 Å². The van der Waals surface area contributed by atoms with Crippen molar-refractivity contribution in [2.75, 3.05) is 0 Å². The first-order valence-corrected chi connectivity index (χ1v) is 7.91. The zero-order valence-corrected chi connectivity index (χ0v) is 11.6. The molecule has 2 saturated heterocycles. The van der Waals surface area contributed by atoms with E-state index in [0.29, 0.717) is 6.04 Å². The summed E-state index contributed by atoms with van der Waals surface area (Å²) in [5.74, 6) is 0. The smallest absolute Gasteiger partial charge is 0.0182 e. The van der Waals surface area contributed by atoms with E-state index in [0.717, 1.165) is 18.1 Å². The minimum absolute atomic E-state index is 0.454. The molecule has 2 heterocycles. The van der Waals surface area contributed by atoms with Crippen LogP contribution in [0.5, 0.6) is 0 Å². The summed E-state index contributed by atoms with van der Waals surface area (Å²) in [6.45, 7) is 0. The van der Waals surface area contributed by atoms with Crippen LogP contribution in [0.15, 0.2) is 24.3 Å². The summed E-state index contributed by atoms with van der Waals surface area (Å²) in [5.41, 5.74) is 9.41. The molecule has 2 fully saturated rings. The lowest BCUT2D eigenvalue weighted by molar-refractivity contribution is -0.00213. The Labute approximate surface area is 116 Å². The lowest BCUT2D eigenvalue weighted by atomic mass is 9.80. The SMILES string of the molecule is NC1CC2CCCC(C1)N2C1Cc2ccccc2C1. The number of nitrogens with two attached hydrogens (primary N) is 1. The lowest BCUT2D eigenvalue weighted by Gasteiger charge is -2.51. The molecule has 0 saturated carbocycles. The second kappa shape index (κ2) is 4.60. The fourth-order valence-corrected chi connectivity index (χ4v) is 4.80. The highest BCUT2D eigenvalue weighted by Gasteiger charge is 2.42. The van der Waals surface area contributed by atoms with E-state index in [9.17, 15) is 0 Å². The molecule has 102 valence electrons. The van der Waals surface area contributed by atoms with Crippen LogP contribution < -0.4 is 5.73 Å². The van der Waals surface area contributed by atoms with Gasteiger partial charge < -0.3 is 5.73 Å². The van der Waals surface area contributed by atoms with E-state index in [1.54, 1.807) is 11.1 Å². The Hall–Kier alpha value is -0.860. The van der Waals surface area contributed by atoms with Gasteiger partial charge in [-0.2, -0.15) is 0 Å². The Morgan fingerprint density at radius 3 is 2.05 bits per heavy atom. The van der Waals surface area contributed by atoms with Crippen molar-refractivity contribution >= 4 is 0 Å². The molecule has 2 atom stereocenters. The fourth-order valence-electron chi connectivity index (χ4n) is 4.80. The third-order valence-electron chi connectivity index (χ3n) is 5.52. The molecular formula is C17H24N2. The van der Waals surface area contributed by atoms with E-state index in [2.05, 4.69) is 29.2 Å². The third-order valence-corrected chi connectivity index (χ3v) is 5.52. The summed E-state index contributed by atoms with van der Waals surface area (Å²) in [5, 5.41) is 0. The van der Waals surface area contributed by atoms with Crippen LogP contribution in [0.4, 0.5) is 0 Å². The maximum atomic E-state index is 6.24. The molecular weight excluding hydrogens is 232 g/mol. The summed E-state index contributed by atoms with van der Waals surface area (Å²) in [6, 6.07) is 11.8. The maximum Gasteiger partial charge on any atom is 0.0182 e. The second-order valence-electron chi connectivity index (χ2n) is 6.75. The predicted octanol–water partition coefficient (Wildman–Crippen LogP) is 2.50. The van der Waals surface area contributed by atoms with E-state index >= 15 is 0 Å². The maximum absolute atomic E-state index is 6.24. The average molecular weight is 256 g/mol. The molecule has 2 aliphatic heterocycles. The first-order chi connectivity index (χ1) is 9.31. The minimum atomic E-state index is 0.454. The molecule has 1 aromatic rings. The summed E-state index contributed by atoms with van der Waals surface area (Å²) in [6.07, 6.45) is 9.13. The minimum Gasteiger partial charge on any atom is -0.328 e. The van der Waals surface area contributed by atoms with Gasteiger partial charge in [0.15, 0.2) is 0 Å². The number of rotatable bonds is 1. The van der Waals surface area contributed by atoms with E-state index in [4.69, 9.17) is 5.73 Å². The Kier molecular flexibility index (Phi) is 2.89. The molecule has 2 bridgehead atoms. The molecule has 1 aliphatic carbocycles. The average Bonchev–Trinajstić information content (AvgIpc) is 2.80. The Morgan fingerprint density at radius 2 is 1.47 bits per heavy atom. The van der Waals surface area contributed by atoms with Crippen LogP contribution in [0, 0.1) is 0 Å². The second-order valence-corrected chi connectivity index (χ2v) is 6.75. The van der Waals surface area contributed by atoms with E-state index in [-0.39, 0.29) is 0 Å². The highest BCUT2D eigenvalue weighted by atomic mass is 15.2. The zero-order valence-electron chi connectivity index (χ0n) is 11.6. The molecule has 0 amide bonds. The van der Waals surface area contributed by atoms with Crippen molar-refractivity contribution in [3.05, 3.63) is 35.4 Å². The van der Waals surface area contributed by atoms with Crippen LogP contribution in [-0.4, -0.2) is 29.1 Å². The topological polar surface area (TPSA) is 29.3 Å². The lowest BCUT2D eigenvalue weighted by Crippen LogP contribution is -2.59. The molecule has 0 spiro atoms. The monoisotopic (exact) mass is 256 g/mol. The van der Waals surface area contributed by atoms with Gasteiger partial charge in [0.2, 0.25) is 0 Å². The molecule has 2 nitrogen and oxygen atoms in total. The van der Waals surface area contributed by atoms with Gasteiger partial charge in [-0.15, -0.1) is 0 Å². The largest absolute Gasteiger partial charge is 0.328 e. The predicted molar refractivity (Wildman–Crippen MR) is 78.1 cm³/mol. The van der Waals surface area contributed by atoms with Gasteiger partial charge in [0.25, 0.3) is 0 Å². The van der Waals surface area contributed by atoms with Crippen LogP contribution in [0.2, 0.25) is 0 Å². The Bertz CT molecular complexity index is 431. The van der Waals surface area contributed by atoms with Crippen LogP contribution >= 0.6 is 0 Å². The number of benzene rings is 1. The first kappa shape index (κ1) is 11.9. The van der Waals surface area contributed by atoms with Crippen LogP contribution in [0.3, 0.4) is 0 Å². The van der Waals surface area contributed by atoms with Gasteiger partial charge in [-0.25, -0.2) is 0 Å².